The van der Waals surface area contributed by atoms with Gasteiger partial charge in [0.25, 0.3) is 15.9 Å². The molecule has 0 fully saturated rings. The third-order valence-electron chi connectivity index (χ3n) is 4.05. The van der Waals surface area contributed by atoms with Gasteiger partial charge in [-0.1, -0.05) is 29.8 Å². The Morgan fingerprint density at radius 1 is 0.929 bits per heavy atom. The van der Waals surface area contributed by atoms with Crippen LogP contribution < -0.4 is 14.8 Å². The quantitative estimate of drug-likeness (QED) is 0.658. The first-order chi connectivity index (χ1) is 13.4. The highest BCUT2D eigenvalue weighted by atomic mass is 32.2. The highest BCUT2D eigenvalue weighted by Crippen LogP contribution is 2.26. The van der Waals surface area contributed by atoms with Crippen LogP contribution in [0.3, 0.4) is 0 Å². The van der Waals surface area contributed by atoms with Crippen LogP contribution in [0.1, 0.15) is 15.9 Å². The fraction of sp³-hybridized carbons (Fsp3) is 0.0952. The van der Waals surface area contributed by atoms with Crippen molar-refractivity contribution in [1.29, 1.82) is 0 Å². The maximum absolute atomic E-state index is 12.6. The average Bonchev–Trinajstić information content (AvgIpc) is 2.68. The zero-order chi connectivity index (χ0) is 20.1. The van der Waals surface area contributed by atoms with Crippen LogP contribution in [0.4, 0.5) is 11.4 Å². The molecule has 0 saturated heterocycles. The molecular weight excluding hydrogens is 376 g/mol. The number of hydrogen-bond donors (Lipinski definition) is 2. The third-order valence-corrected chi connectivity index (χ3v) is 5.44. The number of hydrogen-bond acceptors (Lipinski definition) is 4. The number of sulfonamides is 1. The molecule has 0 saturated carbocycles. The van der Waals surface area contributed by atoms with Crippen molar-refractivity contribution < 1.29 is 17.9 Å². The summed E-state index contributed by atoms with van der Waals surface area (Å²) in [6, 6.07) is 19.9. The predicted molar refractivity (Wildman–Crippen MR) is 109 cm³/mol. The van der Waals surface area contributed by atoms with E-state index in [1.165, 1.54) is 19.2 Å². The van der Waals surface area contributed by atoms with Crippen LogP contribution in [0.25, 0.3) is 0 Å². The minimum absolute atomic E-state index is 0.0759. The summed E-state index contributed by atoms with van der Waals surface area (Å²) in [5, 5.41) is 2.76. The van der Waals surface area contributed by atoms with Crippen LogP contribution in [0.5, 0.6) is 5.75 Å². The molecule has 3 rings (SSSR count). The lowest BCUT2D eigenvalue weighted by Crippen LogP contribution is -2.14. The minimum atomic E-state index is -3.79. The second-order valence-corrected chi connectivity index (χ2v) is 7.84. The molecule has 3 aromatic carbocycles. The molecule has 144 valence electrons. The maximum Gasteiger partial charge on any atom is 0.262 e. The SMILES string of the molecule is COc1ccccc1NS(=O)(=O)c1ccc(NC(=O)c2cccc(C)c2)cc1. The molecule has 28 heavy (non-hydrogen) atoms. The lowest BCUT2D eigenvalue weighted by Gasteiger charge is -2.12. The minimum Gasteiger partial charge on any atom is -0.495 e. The molecule has 1 amide bonds. The first-order valence-corrected chi connectivity index (χ1v) is 10.0. The number of benzene rings is 3. The van der Waals surface area contributed by atoms with Crippen LogP contribution in [-0.4, -0.2) is 21.4 Å². The monoisotopic (exact) mass is 396 g/mol. The van der Waals surface area contributed by atoms with Crippen LogP contribution >= 0.6 is 0 Å². The Morgan fingerprint density at radius 2 is 1.64 bits per heavy atom. The van der Waals surface area contributed by atoms with Gasteiger partial charge in [-0.3, -0.25) is 9.52 Å². The van der Waals surface area contributed by atoms with E-state index in [2.05, 4.69) is 10.0 Å². The molecule has 0 heterocycles. The fourth-order valence-corrected chi connectivity index (χ4v) is 3.71. The van der Waals surface area contributed by atoms with E-state index in [4.69, 9.17) is 4.74 Å². The van der Waals surface area contributed by atoms with Crippen molar-refractivity contribution >= 4 is 27.3 Å². The number of anilines is 2. The Kier molecular flexibility index (Phi) is 5.65. The number of carbonyl (C=O) groups excluding carboxylic acids is 1. The van der Waals surface area contributed by atoms with Crippen LogP contribution in [-0.2, 0) is 10.0 Å². The normalized spacial score (nSPS) is 10.9. The summed E-state index contributed by atoms with van der Waals surface area (Å²) in [6.45, 7) is 1.91. The first-order valence-electron chi connectivity index (χ1n) is 8.53. The molecular formula is C21H20N2O4S. The van der Waals surface area contributed by atoms with Gasteiger partial charge in [-0.15, -0.1) is 0 Å². The lowest BCUT2D eigenvalue weighted by molar-refractivity contribution is 0.102. The van der Waals surface area contributed by atoms with E-state index >= 15 is 0 Å². The molecule has 0 aliphatic rings. The van der Waals surface area contributed by atoms with Gasteiger partial charge in [-0.05, 0) is 55.5 Å². The lowest BCUT2D eigenvalue weighted by atomic mass is 10.1. The highest BCUT2D eigenvalue weighted by molar-refractivity contribution is 7.92. The summed E-state index contributed by atoms with van der Waals surface area (Å²) < 4.78 is 32.9. The molecule has 3 aromatic rings. The topological polar surface area (TPSA) is 84.5 Å². The number of para-hydroxylation sites is 2. The Bertz CT molecular complexity index is 1090. The summed E-state index contributed by atoms with van der Waals surface area (Å²) in [5.41, 5.74) is 2.37. The van der Waals surface area contributed by atoms with Crippen molar-refractivity contribution in [2.45, 2.75) is 11.8 Å². The summed E-state index contributed by atoms with van der Waals surface area (Å²) in [6.07, 6.45) is 0. The molecule has 6 nitrogen and oxygen atoms in total. The fourth-order valence-electron chi connectivity index (χ4n) is 2.64. The Hall–Kier alpha value is -3.32. The number of rotatable bonds is 6. The number of nitrogens with one attached hydrogen (secondary N) is 2. The second-order valence-electron chi connectivity index (χ2n) is 6.15. The van der Waals surface area contributed by atoms with E-state index in [1.54, 1.807) is 48.5 Å². The number of ether oxygens (including phenoxy) is 1. The molecule has 0 unspecified atom stereocenters. The predicted octanol–water partition coefficient (Wildman–Crippen LogP) is 4.06. The van der Waals surface area contributed by atoms with Gasteiger partial charge in [0.2, 0.25) is 0 Å². The van der Waals surface area contributed by atoms with Crippen molar-refractivity contribution in [3.63, 3.8) is 0 Å². The van der Waals surface area contributed by atoms with Crippen molar-refractivity contribution in [2.24, 2.45) is 0 Å². The smallest absolute Gasteiger partial charge is 0.262 e. The average molecular weight is 396 g/mol. The van der Waals surface area contributed by atoms with E-state index in [1.807, 2.05) is 19.1 Å². The highest BCUT2D eigenvalue weighted by Gasteiger charge is 2.16. The van der Waals surface area contributed by atoms with Crippen molar-refractivity contribution in [3.05, 3.63) is 83.9 Å². The van der Waals surface area contributed by atoms with Crippen LogP contribution in [0.2, 0.25) is 0 Å². The van der Waals surface area contributed by atoms with Gasteiger partial charge in [0.15, 0.2) is 0 Å². The summed E-state index contributed by atoms with van der Waals surface area (Å²) >= 11 is 0. The van der Waals surface area contributed by atoms with E-state index in [0.29, 0.717) is 22.7 Å². The molecule has 0 radical (unpaired) electrons. The maximum atomic E-state index is 12.6. The third kappa shape index (κ3) is 4.50. The van der Waals surface area contributed by atoms with E-state index < -0.39 is 10.0 Å². The standard InChI is InChI=1S/C21H20N2O4S/c1-15-6-5-7-16(14-15)21(24)22-17-10-12-18(13-11-17)28(25,26)23-19-8-3-4-9-20(19)27-2/h3-14,23H,1-2H3,(H,22,24). The van der Waals surface area contributed by atoms with Gasteiger partial charge < -0.3 is 10.1 Å². The van der Waals surface area contributed by atoms with Gasteiger partial charge in [0.05, 0.1) is 17.7 Å². The number of aryl methyl sites for hydroxylation is 1. The Balaban J connectivity index is 1.75. The van der Waals surface area contributed by atoms with Crippen LogP contribution in [0.15, 0.2) is 77.7 Å². The first kappa shape index (κ1) is 19.4. The van der Waals surface area contributed by atoms with E-state index in [9.17, 15) is 13.2 Å². The van der Waals surface area contributed by atoms with Crippen molar-refractivity contribution in [1.82, 2.24) is 0 Å². The summed E-state index contributed by atoms with van der Waals surface area (Å²) in [5.74, 6) is 0.166. The number of methoxy groups -OCH3 is 1. The molecule has 0 aliphatic heterocycles. The molecule has 0 spiro atoms. The zero-order valence-electron chi connectivity index (χ0n) is 15.5. The molecule has 0 aromatic heterocycles. The molecule has 2 N–H and O–H groups in total. The summed E-state index contributed by atoms with van der Waals surface area (Å²) in [7, 11) is -2.32. The van der Waals surface area contributed by atoms with Gasteiger partial charge >= 0.3 is 0 Å². The number of amides is 1. The Morgan fingerprint density at radius 3 is 2.32 bits per heavy atom. The second kappa shape index (κ2) is 8.14. The van der Waals surface area contributed by atoms with Gasteiger partial charge in [0.1, 0.15) is 5.75 Å². The van der Waals surface area contributed by atoms with Gasteiger partial charge in [-0.25, -0.2) is 8.42 Å². The van der Waals surface area contributed by atoms with Crippen molar-refractivity contribution in [3.8, 4) is 5.75 Å². The van der Waals surface area contributed by atoms with E-state index in [-0.39, 0.29) is 10.8 Å². The van der Waals surface area contributed by atoms with E-state index in [0.717, 1.165) is 5.56 Å². The Labute approximate surface area is 164 Å². The van der Waals surface area contributed by atoms with Crippen LogP contribution in [0, 0.1) is 6.92 Å². The van der Waals surface area contributed by atoms with Gasteiger partial charge in [-0.2, -0.15) is 0 Å². The number of carbonyl (C=O) groups is 1. The van der Waals surface area contributed by atoms with Gasteiger partial charge in [0, 0.05) is 11.3 Å². The summed E-state index contributed by atoms with van der Waals surface area (Å²) in [4.78, 5) is 12.4. The largest absolute Gasteiger partial charge is 0.495 e. The molecule has 0 bridgehead atoms. The molecule has 7 heteroatoms. The molecule has 0 atom stereocenters. The molecule has 0 aliphatic carbocycles. The van der Waals surface area contributed by atoms with Crippen molar-refractivity contribution in [2.75, 3.05) is 17.1 Å². The zero-order valence-corrected chi connectivity index (χ0v) is 16.3.